The number of nitrogens with zero attached hydrogens (tertiary/aromatic N) is 1. The number of nitrogens with one attached hydrogen (secondary N) is 1. The van der Waals surface area contributed by atoms with Crippen LogP contribution in [0.25, 0.3) is 0 Å². The van der Waals surface area contributed by atoms with Crippen molar-refractivity contribution in [1.29, 1.82) is 0 Å². The fraction of sp³-hybridized carbons (Fsp3) is 0.571. The molecule has 2 nitrogen and oxygen atoms in total. The van der Waals surface area contributed by atoms with E-state index in [0.717, 1.165) is 18.1 Å². The average molecular weight is 379 g/mol. The molecule has 0 saturated carbocycles. The van der Waals surface area contributed by atoms with Crippen LogP contribution < -0.4 is 10.2 Å². The van der Waals surface area contributed by atoms with E-state index in [0.29, 0.717) is 12.1 Å². The second-order valence-electron chi connectivity index (χ2n) is 4.99. The van der Waals surface area contributed by atoms with Gasteiger partial charge in [0.15, 0.2) is 0 Å². The SMILES string of the molecule is CCCC1CN(c2ccc(I)cc2Cl)C(C)CN1. The largest absolute Gasteiger partial charge is 0.365 e. The first-order chi connectivity index (χ1) is 8.61. The highest BCUT2D eigenvalue weighted by atomic mass is 127. The Bertz CT molecular complexity index is 411. The van der Waals surface area contributed by atoms with Crippen LogP contribution in [-0.4, -0.2) is 25.2 Å². The van der Waals surface area contributed by atoms with Crippen molar-refractivity contribution in [3.63, 3.8) is 0 Å². The number of hydrogen-bond acceptors (Lipinski definition) is 2. The molecule has 2 rings (SSSR count). The number of halogens is 2. The van der Waals surface area contributed by atoms with Gasteiger partial charge < -0.3 is 10.2 Å². The molecule has 0 aliphatic carbocycles. The minimum atomic E-state index is 0.496. The summed E-state index contributed by atoms with van der Waals surface area (Å²) < 4.78 is 1.19. The molecule has 0 aromatic heterocycles. The number of rotatable bonds is 3. The van der Waals surface area contributed by atoms with Crippen LogP contribution in [0, 0.1) is 3.57 Å². The maximum atomic E-state index is 6.39. The van der Waals surface area contributed by atoms with Gasteiger partial charge in [0.2, 0.25) is 0 Å². The molecular weight excluding hydrogens is 359 g/mol. The minimum absolute atomic E-state index is 0.496. The highest BCUT2D eigenvalue weighted by molar-refractivity contribution is 14.1. The van der Waals surface area contributed by atoms with E-state index in [1.807, 2.05) is 6.07 Å². The molecule has 0 radical (unpaired) electrons. The molecule has 1 aliphatic rings. The molecule has 100 valence electrons. The van der Waals surface area contributed by atoms with E-state index in [4.69, 9.17) is 11.6 Å². The Kier molecular flexibility index (Phi) is 5.15. The molecule has 1 fully saturated rings. The van der Waals surface area contributed by atoms with Crippen LogP contribution in [0.5, 0.6) is 0 Å². The van der Waals surface area contributed by atoms with Crippen LogP contribution in [0.3, 0.4) is 0 Å². The van der Waals surface area contributed by atoms with Crippen molar-refractivity contribution in [2.45, 2.75) is 38.8 Å². The summed E-state index contributed by atoms with van der Waals surface area (Å²) >= 11 is 8.69. The fourth-order valence-electron chi connectivity index (χ4n) is 2.52. The van der Waals surface area contributed by atoms with Crippen LogP contribution in [0.15, 0.2) is 18.2 Å². The second kappa shape index (κ2) is 6.44. The summed E-state index contributed by atoms with van der Waals surface area (Å²) in [6.07, 6.45) is 2.45. The van der Waals surface area contributed by atoms with Crippen molar-refractivity contribution in [2.24, 2.45) is 0 Å². The molecule has 1 aromatic carbocycles. The lowest BCUT2D eigenvalue weighted by Crippen LogP contribution is -2.55. The van der Waals surface area contributed by atoms with E-state index in [1.165, 1.54) is 22.1 Å². The molecule has 1 aliphatic heterocycles. The minimum Gasteiger partial charge on any atom is -0.365 e. The van der Waals surface area contributed by atoms with Crippen molar-refractivity contribution < 1.29 is 0 Å². The Labute approximate surface area is 128 Å². The van der Waals surface area contributed by atoms with E-state index in [1.54, 1.807) is 0 Å². The quantitative estimate of drug-likeness (QED) is 0.802. The number of anilines is 1. The fourth-order valence-corrected chi connectivity index (χ4v) is 3.49. The van der Waals surface area contributed by atoms with Crippen LogP contribution in [-0.2, 0) is 0 Å². The van der Waals surface area contributed by atoms with Crippen molar-refractivity contribution in [3.8, 4) is 0 Å². The summed E-state index contributed by atoms with van der Waals surface area (Å²) in [6.45, 7) is 6.58. The Morgan fingerprint density at radius 2 is 2.28 bits per heavy atom. The lowest BCUT2D eigenvalue weighted by Gasteiger charge is -2.40. The van der Waals surface area contributed by atoms with E-state index in [9.17, 15) is 0 Å². The van der Waals surface area contributed by atoms with Crippen molar-refractivity contribution in [1.82, 2.24) is 5.32 Å². The average Bonchev–Trinajstić information content (AvgIpc) is 2.33. The Balaban J connectivity index is 2.18. The molecule has 0 spiro atoms. The van der Waals surface area contributed by atoms with Crippen LogP contribution in [0.1, 0.15) is 26.7 Å². The third-order valence-electron chi connectivity index (χ3n) is 3.51. The molecule has 0 bridgehead atoms. The summed E-state index contributed by atoms with van der Waals surface area (Å²) in [5.41, 5.74) is 1.17. The third-order valence-corrected chi connectivity index (χ3v) is 4.48. The monoisotopic (exact) mass is 378 g/mol. The molecule has 1 aromatic rings. The maximum absolute atomic E-state index is 6.39. The predicted octanol–water partition coefficient (Wildman–Crippen LogP) is 3.91. The lowest BCUT2D eigenvalue weighted by atomic mass is 10.1. The van der Waals surface area contributed by atoms with Crippen LogP contribution in [0.4, 0.5) is 5.69 Å². The van der Waals surface area contributed by atoms with Crippen molar-refractivity contribution in [3.05, 3.63) is 26.8 Å². The standard InChI is InChI=1S/C14H20ClIN2/c1-3-4-12-9-18(10(2)8-17-12)14-6-5-11(16)7-13(14)15/h5-7,10,12,17H,3-4,8-9H2,1-2H3. The molecule has 1 saturated heterocycles. The van der Waals surface area contributed by atoms with E-state index < -0.39 is 0 Å². The van der Waals surface area contributed by atoms with Gasteiger partial charge in [-0.25, -0.2) is 0 Å². The third kappa shape index (κ3) is 3.31. The topological polar surface area (TPSA) is 15.3 Å². The van der Waals surface area contributed by atoms with Gasteiger partial charge in [0.25, 0.3) is 0 Å². The molecule has 2 unspecified atom stereocenters. The summed E-state index contributed by atoms with van der Waals surface area (Å²) in [5, 5.41) is 4.48. The summed E-state index contributed by atoms with van der Waals surface area (Å²) in [7, 11) is 0. The van der Waals surface area contributed by atoms with Gasteiger partial charge in [-0.1, -0.05) is 24.9 Å². The molecule has 0 amide bonds. The zero-order valence-corrected chi connectivity index (χ0v) is 13.8. The number of hydrogen-bond donors (Lipinski definition) is 1. The zero-order valence-electron chi connectivity index (χ0n) is 10.9. The first-order valence-corrected chi connectivity index (χ1v) is 8.02. The molecule has 18 heavy (non-hydrogen) atoms. The van der Waals surface area contributed by atoms with Crippen LogP contribution >= 0.6 is 34.2 Å². The number of benzene rings is 1. The summed E-state index contributed by atoms with van der Waals surface area (Å²) in [5.74, 6) is 0. The van der Waals surface area contributed by atoms with E-state index in [-0.39, 0.29) is 0 Å². The normalized spacial score (nSPS) is 24.3. The molecule has 1 heterocycles. The molecular formula is C14H20ClIN2. The molecule has 1 N–H and O–H groups in total. The van der Waals surface area contributed by atoms with Gasteiger partial charge >= 0.3 is 0 Å². The van der Waals surface area contributed by atoms with Gasteiger partial charge in [-0.2, -0.15) is 0 Å². The smallest absolute Gasteiger partial charge is 0.0650 e. The summed E-state index contributed by atoms with van der Waals surface area (Å²) in [6, 6.07) is 7.40. The lowest BCUT2D eigenvalue weighted by molar-refractivity contribution is 0.386. The van der Waals surface area contributed by atoms with E-state index >= 15 is 0 Å². The van der Waals surface area contributed by atoms with Crippen molar-refractivity contribution in [2.75, 3.05) is 18.0 Å². The van der Waals surface area contributed by atoms with Gasteiger partial charge in [0.1, 0.15) is 0 Å². The van der Waals surface area contributed by atoms with Gasteiger partial charge in [0.05, 0.1) is 10.7 Å². The Hall–Kier alpha value is -0.000000000000000132. The zero-order chi connectivity index (χ0) is 13.1. The summed E-state index contributed by atoms with van der Waals surface area (Å²) in [4.78, 5) is 2.44. The number of piperazine rings is 1. The first kappa shape index (κ1) is 14.4. The molecule has 2 atom stereocenters. The van der Waals surface area contributed by atoms with Gasteiger partial charge in [-0.15, -0.1) is 0 Å². The first-order valence-electron chi connectivity index (χ1n) is 6.57. The van der Waals surface area contributed by atoms with Gasteiger partial charge in [-0.3, -0.25) is 0 Å². The highest BCUT2D eigenvalue weighted by Crippen LogP contribution is 2.30. The Morgan fingerprint density at radius 3 is 2.94 bits per heavy atom. The maximum Gasteiger partial charge on any atom is 0.0650 e. The van der Waals surface area contributed by atoms with Crippen molar-refractivity contribution >= 4 is 39.9 Å². The Morgan fingerprint density at radius 1 is 1.50 bits per heavy atom. The highest BCUT2D eigenvalue weighted by Gasteiger charge is 2.25. The van der Waals surface area contributed by atoms with Gasteiger partial charge in [0, 0.05) is 28.7 Å². The predicted molar refractivity (Wildman–Crippen MR) is 87.7 cm³/mol. The second-order valence-corrected chi connectivity index (χ2v) is 6.64. The van der Waals surface area contributed by atoms with Crippen LogP contribution in [0.2, 0.25) is 5.02 Å². The molecule has 4 heteroatoms. The van der Waals surface area contributed by atoms with Gasteiger partial charge in [-0.05, 0) is 54.1 Å². The van der Waals surface area contributed by atoms with E-state index in [2.05, 4.69) is 58.8 Å².